The Labute approximate surface area is 203 Å². The van der Waals surface area contributed by atoms with Crippen LogP contribution in [0.15, 0.2) is 36.4 Å². The lowest BCUT2D eigenvalue weighted by atomic mass is 9.87. The molecule has 2 saturated heterocycles. The molecule has 3 aliphatic rings. The highest BCUT2D eigenvalue weighted by molar-refractivity contribution is 6.30. The minimum atomic E-state index is -0.687. The SMILES string of the molecule is O=C1CCC(N2Cc3cc(C4CCN(CCc5ccc(Cl)cc5)CC4)c(F)cc3C2=O)C(=O)N1. The number of halogens is 2. The van der Waals surface area contributed by atoms with Crippen LogP contribution in [0.2, 0.25) is 5.02 Å². The lowest BCUT2D eigenvalue weighted by molar-refractivity contribution is -0.136. The fourth-order valence-electron chi connectivity index (χ4n) is 5.33. The van der Waals surface area contributed by atoms with Gasteiger partial charge in [-0.15, -0.1) is 0 Å². The number of likely N-dealkylation sites (tertiary alicyclic amines) is 1. The van der Waals surface area contributed by atoms with E-state index in [4.69, 9.17) is 11.6 Å². The standard InChI is InChI=1S/C26H27ClFN3O3/c27-19-3-1-16(2-4-19)7-10-30-11-8-17(9-12-30)20-13-18-15-31(26(34)21(18)14-22(20)28)23-5-6-24(32)29-25(23)33/h1-4,13-14,17,23H,5-12,15H2,(H,29,32,33). The molecule has 1 atom stereocenters. The summed E-state index contributed by atoms with van der Waals surface area (Å²) in [7, 11) is 0. The molecule has 6 nitrogen and oxygen atoms in total. The maximum absolute atomic E-state index is 15.1. The highest BCUT2D eigenvalue weighted by Gasteiger charge is 2.40. The highest BCUT2D eigenvalue weighted by atomic mass is 35.5. The van der Waals surface area contributed by atoms with Crippen LogP contribution in [0.3, 0.4) is 0 Å². The zero-order valence-electron chi connectivity index (χ0n) is 18.9. The maximum atomic E-state index is 15.1. The van der Waals surface area contributed by atoms with Crippen molar-refractivity contribution in [3.05, 3.63) is 69.5 Å². The van der Waals surface area contributed by atoms with Gasteiger partial charge >= 0.3 is 0 Å². The third-order valence-electron chi connectivity index (χ3n) is 7.30. The van der Waals surface area contributed by atoms with E-state index < -0.39 is 11.9 Å². The van der Waals surface area contributed by atoms with Gasteiger partial charge in [0.2, 0.25) is 11.8 Å². The van der Waals surface area contributed by atoms with Crippen molar-refractivity contribution in [1.82, 2.24) is 15.1 Å². The molecule has 34 heavy (non-hydrogen) atoms. The molecule has 2 aromatic rings. The summed E-state index contributed by atoms with van der Waals surface area (Å²) in [5.41, 5.74) is 3.00. The van der Waals surface area contributed by atoms with Crippen LogP contribution in [-0.2, 0) is 22.6 Å². The molecule has 0 spiro atoms. The zero-order chi connectivity index (χ0) is 23.8. The van der Waals surface area contributed by atoms with Crippen LogP contribution in [0.1, 0.15) is 58.6 Å². The summed E-state index contributed by atoms with van der Waals surface area (Å²) in [4.78, 5) is 40.5. The largest absolute Gasteiger partial charge is 0.322 e. The van der Waals surface area contributed by atoms with Crippen molar-refractivity contribution in [3.8, 4) is 0 Å². The molecular weight excluding hydrogens is 457 g/mol. The van der Waals surface area contributed by atoms with E-state index in [1.807, 2.05) is 30.3 Å². The Morgan fingerprint density at radius 2 is 1.76 bits per heavy atom. The minimum Gasteiger partial charge on any atom is -0.322 e. The number of benzene rings is 2. The van der Waals surface area contributed by atoms with Crippen molar-refractivity contribution in [2.45, 2.75) is 50.6 Å². The Hall–Kier alpha value is -2.77. The van der Waals surface area contributed by atoms with Gasteiger partial charge in [-0.05, 0) is 79.6 Å². The molecule has 2 fully saturated rings. The molecule has 0 aliphatic carbocycles. The maximum Gasteiger partial charge on any atom is 0.255 e. The fraction of sp³-hybridized carbons (Fsp3) is 0.423. The Morgan fingerprint density at radius 1 is 1.03 bits per heavy atom. The quantitative estimate of drug-likeness (QED) is 0.659. The van der Waals surface area contributed by atoms with Crippen molar-refractivity contribution in [2.75, 3.05) is 19.6 Å². The normalized spacial score (nSPS) is 21.6. The zero-order valence-corrected chi connectivity index (χ0v) is 19.6. The minimum absolute atomic E-state index is 0.108. The number of rotatable bonds is 5. The van der Waals surface area contributed by atoms with E-state index in [0.717, 1.165) is 49.5 Å². The second-order valence-corrected chi connectivity index (χ2v) is 9.86. The van der Waals surface area contributed by atoms with E-state index in [0.29, 0.717) is 17.5 Å². The van der Waals surface area contributed by atoms with Gasteiger partial charge in [-0.2, -0.15) is 0 Å². The number of carbonyl (C=O) groups excluding carboxylic acids is 3. The Balaban J connectivity index is 1.22. The summed E-state index contributed by atoms with van der Waals surface area (Å²) in [6.07, 6.45) is 3.18. The number of nitrogens with zero attached hydrogens (tertiary/aromatic N) is 2. The van der Waals surface area contributed by atoms with Gasteiger partial charge < -0.3 is 9.80 Å². The van der Waals surface area contributed by atoms with Gasteiger partial charge in [-0.3, -0.25) is 19.7 Å². The summed E-state index contributed by atoms with van der Waals surface area (Å²) in [6.45, 7) is 3.02. The molecule has 1 unspecified atom stereocenters. The topological polar surface area (TPSA) is 69.7 Å². The molecule has 3 amide bonds. The predicted octanol–water partition coefficient (Wildman–Crippen LogP) is 3.66. The summed E-state index contributed by atoms with van der Waals surface area (Å²) < 4.78 is 15.1. The molecule has 0 bridgehead atoms. The molecule has 0 saturated carbocycles. The smallest absolute Gasteiger partial charge is 0.255 e. The van der Waals surface area contributed by atoms with Gasteiger partial charge in [0.15, 0.2) is 0 Å². The van der Waals surface area contributed by atoms with E-state index in [2.05, 4.69) is 10.2 Å². The number of nitrogens with one attached hydrogen (secondary N) is 1. The number of imide groups is 1. The predicted molar refractivity (Wildman–Crippen MR) is 126 cm³/mol. The number of amides is 3. The van der Waals surface area contributed by atoms with Crippen LogP contribution in [-0.4, -0.2) is 53.2 Å². The number of carbonyl (C=O) groups is 3. The number of fused-ring (bicyclic) bond motifs is 1. The van der Waals surface area contributed by atoms with Crippen molar-refractivity contribution in [3.63, 3.8) is 0 Å². The summed E-state index contributed by atoms with van der Waals surface area (Å²) in [6, 6.07) is 10.4. The van der Waals surface area contributed by atoms with Crippen LogP contribution in [0.25, 0.3) is 0 Å². The number of hydrogen-bond donors (Lipinski definition) is 1. The highest BCUT2D eigenvalue weighted by Crippen LogP contribution is 2.35. The molecule has 3 aliphatic heterocycles. The first kappa shape index (κ1) is 23.0. The Bertz CT molecular complexity index is 1130. The lowest BCUT2D eigenvalue weighted by Gasteiger charge is -2.32. The van der Waals surface area contributed by atoms with Crippen LogP contribution < -0.4 is 5.32 Å². The number of hydrogen-bond acceptors (Lipinski definition) is 4. The van der Waals surface area contributed by atoms with Crippen molar-refractivity contribution in [2.24, 2.45) is 0 Å². The van der Waals surface area contributed by atoms with Gasteiger partial charge in [0.05, 0.1) is 0 Å². The average Bonchev–Trinajstić information content (AvgIpc) is 3.14. The van der Waals surface area contributed by atoms with Crippen molar-refractivity contribution in [1.29, 1.82) is 0 Å². The monoisotopic (exact) mass is 483 g/mol. The van der Waals surface area contributed by atoms with E-state index in [9.17, 15) is 14.4 Å². The van der Waals surface area contributed by atoms with Gasteiger partial charge in [0.1, 0.15) is 11.9 Å². The third-order valence-corrected chi connectivity index (χ3v) is 7.55. The first-order chi connectivity index (χ1) is 16.4. The first-order valence-corrected chi connectivity index (χ1v) is 12.2. The van der Waals surface area contributed by atoms with Gasteiger partial charge in [-0.25, -0.2) is 4.39 Å². The molecule has 3 heterocycles. The summed E-state index contributed by atoms with van der Waals surface area (Å²) >= 11 is 5.96. The van der Waals surface area contributed by atoms with Crippen molar-refractivity contribution < 1.29 is 18.8 Å². The molecule has 8 heteroatoms. The summed E-state index contributed by atoms with van der Waals surface area (Å²) in [5, 5.41) is 3.04. The average molecular weight is 484 g/mol. The van der Waals surface area contributed by atoms with Crippen LogP contribution in [0.4, 0.5) is 4.39 Å². The molecule has 0 aromatic heterocycles. The first-order valence-electron chi connectivity index (χ1n) is 11.8. The third kappa shape index (κ3) is 4.59. The molecule has 1 N–H and O–H groups in total. The second kappa shape index (κ2) is 9.47. The molecule has 178 valence electrons. The van der Waals surface area contributed by atoms with E-state index in [1.54, 1.807) is 0 Å². The van der Waals surface area contributed by atoms with Crippen LogP contribution in [0, 0.1) is 5.82 Å². The van der Waals surface area contributed by atoms with E-state index in [1.165, 1.54) is 16.5 Å². The lowest BCUT2D eigenvalue weighted by Crippen LogP contribution is -2.52. The molecule has 2 aromatic carbocycles. The summed E-state index contributed by atoms with van der Waals surface area (Å²) in [5.74, 6) is -1.36. The fourth-order valence-corrected chi connectivity index (χ4v) is 5.45. The second-order valence-electron chi connectivity index (χ2n) is 9.42. The van der Waals surface area contributed by atoms with Gasteiger partial charge in [0, 0.05) is 30.1 Å². The van der Waals surface area contributed by atoms with Gasteiger partial charge in [-0.1, -0.05) is 29.8 Å². The Morgan fingerprint density at radius 3 is 2.47 bits per heavy atom. The molecular formula is C26H27ClFN3O3. The van der Waals surface area contributed by atoms with Gasteiger partial charge in [0.25, 0.3) is 5.91 Å². The van der Waals surface area contributed by atoms with Crippen molar-refractivity contribution >= 4 is 29.3 Å². The van der Waals surface area contributed by atoms with Crippen LogP contribution in [0.5, 0.6) is 0 Å². The molecule has 5 rings (SSSR count). The van der Waals surface area contributed by atoms with E-state index in [-0.39, 0.29) is 36.5 Å². The number of piperidine rings is 2. The molecule has 0 radical (unpaired) electrons. The Kier molecular flexibility index (Phi) is 6.40. The van der Waals surface area contributed by atoms with E-state index >= 15 is 4.39 Å². The van der Waals surface area contributed by atoms with Crippen LogP contribution >= 0.6 is 11.6 Å².